The lowest BCUT2D eigenvalue weighted by Gasteiger charge is -2.34. The lowest BCUT2D eigenvalue weighted by molar-refractivity contribution is 0.0753. The van der Waals surface area contributed by atoms with Crippen LogP contribution in [0.4, 0.5) is 4.79 Å². The Morgan fingerprint density at radius 3 is 2.57 bits per heavy atom. The second-order valence-corrected chi connectivity index (χ2v) is 7.16. The molecule has 0 aromatic heterocycles. The summed E-state index contributed by atoms with van der Waals surface area (Å²) in [5.74, 6) is 1.51. The maximum Gasteiger partial charge on any atom is 0.409 e. The number of nitrogens with zero attached hydrogens (tertiary/aromatic N) is 3. The molecule has 1 fully saturated rings. The zero-order valence-electron chi connectivity index (χ0n) is 17.4. The molecule has 158 valence electrons. The molecule has 1 aromatic carbocycles. The Morgan fingerprint density at radius 1 is 1.25 bits per heavy atom. The van der Waals surface area contributed by atoms with Crippen molar-refractivity contribution in [1.82, 2.24) is 14.7 Å². The maximum atomic E-state index is 11.8. The molecule has 0 bridgehead atoms. The molecule has 1 saturated heterocycles. The molecule has 1 heterocycles. The summed E-state index contributed by atoms with van der Waals surface area (Å²) < 4.78 is 16.3. The van der Waals surface area contributed by atoms with Gasteiger partial charge in [0.15, 0.2) is 0 Å². The van der Waals surface area contributed by atoms with Crippen LogP contribution in [-0.2, 0) is 11.3 Å². The average molecular weight is 396 g/mol. The van der Waals surface area contributed by atoms with E-state index in [1.165, 1.54) is 0 Å². The molecule has 1 atom stereocenters. The summed E-state index contributed by atoms with van der Waals surface area (Å²) in [5.41, 5.74) is 1.00. The van der Waals surface area contributed by atoms with Crippen LogP contribution in [-0.4, -0.2) is 99.1 Å². The van der Waals surface area contributed by atoms with Gasteiger partial charge in [0.2, 0.25) is 0 Å². The third-order valence-corrected chi connectivity index (χ3v) is 4.57. The quantitative estimate of drug-likeness (QED) is 0.675. The highest BCUT2D eigenvalue weighted by molar-refractivity contribution is 5.67. The SMILES string of the molecule is CCOC(=O)N1CCN(Cc2cc(OC)ccc2OC[C@H](O)CN(C)C)CC1. The van der Waals surface area contributed by atoms with Crippen molar-refractivity contribution in [3.05, 3.63) is 23.8 Å². The van der Waals surface area contributed by atoms with E-state index in [9.17, 15) is 9.90 Å². The lowest BCUT2D eigenvalue weighted by Crippen LogP contribution is -2.48. The van der Waals surface area contributed by atoms with Crippen LogP contribution >= 0.6 is 0 Å². The van der Waals surface area contributed by atoms with Crippen LogP contribution in [0.2, 0.25) is 0 Å². The third kappa shape index (κ3) is 6.85. The first kappa shape index (κ1) is 22.3. The molecule has 0 saturated carbocycles. The van der Waals surface area contributed by atoms with Gasteiger partial charge in [0.25, 0.3) is 0 Å². The molecular weight excluding hydrogens is 362 g/mol. The molecule has 1 aliphatic rings. The van der Waals surface area contributed by atoms with E-state index < -0.39 is 6.10 Å². The first-order chi connectivity index (χ1) is 13.4. The number of hydrogen-bond acceptors (Lipinski definition) is 7. The van der Waals surface area contributed by atoms with Crippen molar-refractivity contribution in [3.63, 3.8) is 0 Å². The predicted molar refractivity (Wildman–Crippen MR) is 107 cm³/mol. The lowest BCUT2D eigenvalue weighted by atomic mass is 10.1. The number of aliphatic hydroxyl groups is 1. The summed E-state index contributed by atoms with van der Waals surface area (Å²) in [6.45, 7) is 6.47. The van der Waals surface area contributed by atoms with Crippen molar-refractivity contribution >= 4 is 6.09 Å². The van der Waals surface area contributed by atoms with Gasteiger partial charge in [0.1, 0.15) is 24.2 Å². The standard InChI is InChI=1S/C20H33N3O5/c1-5-27-20(25)23-10-8-22(9-11-23)13-16-12-18(26-4)6-7-19(16)28-15-17(24)14-21(2)3/h6-7,12,17,24H,5,8-11,13-15H2,1-4H3/t17-/m1/s1. The zero-order valence-corrected chi connectivity index (χ0v) is 17.4. The number of piperazine rings is 1. The number of aliphatic hydroxyl groups excluding tert-OH is 1. The number of rotatable bonds is 9. The Bertz CT molecular complexity index is 618. The first-order valence-corrected chi connectivity index (χ1v) is 9.69. The van der Waals surface area contributed by atoms with Gasteiger partial charge in [-0.3, -0.25) is 4.90 Å². The molecule has 1 aromatic rings. The van der Waals surface area contributed by atoms with E-state index in [-0.39, 0.29) is 12.7 Å². The van der Waals surface area contributed by atoms with Gasteiger partial charge < -0.3 is 29.1 Å². The van der Waals surface area contributed by atoms with E-state index in [0.29, 0.717) is 32.8 Å². The molecule has 1 N–H and O–H groups in total. The van der Waals surface area contributed by atoms with E-state index >= 15 is 0 Å². The smallest absolute Gasteiger partial charge is 0.409 e. The number of methoxy groups -OCH3 is 1. The van der Waals surface area contributed by atoms with Crippen LogP contribution in [0.1, 0.15) is 12.5 Å². The molecule has 0 unspecified atom stereocenters. The van der Waals surface area contributed by atoms with Crippen molar-refractivity contribution in [2.45, 2.75) is 19.6 Å². The Kier molecular flexibility index (Phi) is 8.82. The van der Waals surface area contributed by atoms with Gasteiger partial charge in [0.05, 0.1) is 13.7 Å². The van der Waals surface area contributed by atoms with Gasteiger partial charge in [-0.05, 0) is 39.2 Å². The van der Waals surface area contributed by atoms with E-state index in [1.54, 1.807) is 12.0 Å². The summed E-state index contributed by atoms with van der Waals surface area (Å²) >= 11 is 0. The van der Waals surface area contributed by atoms with E-state index in [1.807, 2.05) is 44.1 Å². The molecule has 28 heavy (non-hydrogen) atoms. The fourth-order valence-electron chi connectivity index (χ4n) is 3.15. The predicted octanol–water partition coefficient (Wildman–Crippen LogP) is 1.27. The van der Waals surface area contributed by atoms with Gasteiger partial charge in [-0.25, -0.2) is 4.79 Å². The largest absolute Gasteiger partial charge is 0.497 e. The third-order valence-electron chi connectivity index (χ3n) is 4.57. The zero-order chi connectivity index (χ0) is 20.5. The number of ether oxygens (including phenoxy) is 3. The van der Waals surface area contributed by atoms with Crippen molar-refractivity contribution in [1.29, 1.82) is 0 Å². The summed E-state index contributed by atoms with van der Waals surface area (Å²) in [5, 5.41) is 10.1. The minimum Gasteiger partial charge on any atom is -0.497 e. The molecule has 0 spiro atoms. The first-order valence-electron chi connectivity index (χ1n) is 9.69. The highest BCUT2D eigenvalue weighted by atomic mass is 16.6. The monoisotopic (exact) mass is 395 g/mol. The van der Waals surface area contributed by atoms with E-state index in [0.717, 1.165) is 30.2 Å². The Labute approximate surface area is 167 Å². The van der Waals surface area contributed by atoms with Crippen LogP contribution in [0.25, 0.3) is 0 Å². The molecule has 2 rings (SSSR count). The number of benzene rings is 1. The number of hydrogen-bond donors (Lipinski definition) is 1. The van der Waals surface area contributed by atoms with Crippen molar-refractivity contribution in [2.24, 2.45) is 0 Å². The molecule has 1 aliphatic heterocycles. The molecule has 8 heteroatoms. The van der Waals surface area contributed by atoms with Crippen LogP contribution in [0.15, 0.2) is 18.2 Å². The molecule has 8 nitrogen and oxygen atoms in total. The fraction of sp³-hybridized carbons (Fsp3) is 0.650. The topological polar surface area (TPSA) is 74.7 Å². The second kappa shape index (κ2) is 11.1. The maximum absolute atomic E-state index is 11.8. The summed E-state index contributed by atoms with van der Waals surface area (Å²) in [6, 6.07) is 5.70. The number of carbonyl (C=O) groups excluding carboxylic acids is 1. The van der Waals surface area contributed by atoms with Crippen molar-refractivity contribution < 1.29 is 24.1 Å². The van der Waals surface area contributed by atoms with Crippen LogP contribution in [0.3, 0.4) is 0 Å². The minimum atomic E-state index is -0.557. The van der Waals surface area contributed by atoms with Gasteiger partial charge >= 0.3 is 6.09 Å². The molecule has 0 aliphatic carbocycles. The summed E-state index contributed by atoms with van der Waals surface area (Å²) in [6.07, 6.45) is -0.805. The fourth-order valence-corrected chi connectivity index (χ4v) is 3.15. The number of carbonyl (C=O) groups is 1. The molecule has 1 amide bonds. The van der Waals surface area contributed by atoms with Crippen LogP contribution in [0.5, 0.6) is 11.5 Å². The van der Waals surface area contributed by atoms with Crippen molar-refractivity contribution in [3.8, 4) is 11.5 Å². The normalized spacial score (nSPS) is 16.1. The van der Waals surface area contributed by atoms with Crippen LogP contribution < -0.4 is 9.47 Å². The number of amides is 1. The van der Waals surface area contributed by atoms with E-state index in [2.05, 4.69) is 4.90 Å². The van der Waals surface area contributed by atoms with Gasteiger partial charge in [-0.2, -0.15) is 0 Å². The van der Waals surface area contributed by atoms with E-state index in [4.69, 9.17) is 14.2 Å². The van der Waals surface area contributed by atoms with Crippen molar-refractivity contribution in [2.75, 3.05) is 67.1 Å². The Hall–Kier alpha value is -2.03. The summed E-state index contributed by atoms with van der Waals surface area (Å²) in [4.78, 5) is 17.8. The average Bonchev–Trinajstić information content (AvgIpc) is 2.67. The minimum absolute atomic E-state index is 0.230. The summed E-state index contributed by atoms with van der Waals surface area (Å²) in [7, 11) is 5.47. The Balaban J connectivity index is 1.97. The van der Waals surface area contributed by atoms with Gasteiger partial charge in [0, 0.05) is 44.8 Å². The Morgan fingerprint density at radius 2 is 1.96 bits per heavy atom. The molecule has 0 radical (unpaired) electrons. The molecular formula is C20H33N3O5. The van der Waals surface area contributed by atoms with Gasteiger partial charge in [-0.15, -0.1) is 0 Å². The van der Waals surface area contributed by atoms with Crippen LogP contribution in [0, 0.1) is 0 Å². The number of likely N-dealkylation sites (N-methyl/N-ethyl adjacent to an activating group) is 1. The van der Waals surface area contributed by atoms with Gasteiger partial charge in [-0.1, -0.05) is 0 Å². The highest BCUT2D eigenvalue weighted by Crippen LogP contribution is 2.26. The second-order valence-electron chi connectivity index (χ2n) is 7.16. The highest BCUT2D eigenvalue weighted by Gasteiger charge is 2.23.